The topological polar surface area (TPSA) is 82.3 Å². The fourth-order valence-electron chi connectivity index (χ4n) is 1.87. The summed E-state index contributed by atoms with van der Waals surface area (Å²) in [6, 6.07) is 1.62. The molecule has 0 bridgehead atoms. The van der Waals surface area contributed by atoms with Crippen LogP contribution in [0.1, 0.15) is 43.1 Å². The number of rotatable bonds is 8. The average Bonchev–Trinajstić information content (AvgIpc) is 2.79. The molecule has 1 aromatic rings. The van der Waals surface area contributed by atoms with Crippen molar-refractivity contribution in [1.82, 2.24) is 9.88 Å². The van der Waals surface area contributed by atoms with Gasteiger partial charge in [-0.25, -0.2) is 0 Å². The van der Waals surface area contributed by atoms with Gasteiger partial charge in [0.1, 0.15) is 5.69 Å². The van der Waals surface area contributed by atoms with Gasteiger partial charge in [0, 0.05) is 25.0 Å². The molecule has 5 heteroatoms. The zero-order valence-corrected chi connectivity index (χ0v) is 11.0. The third kappa shape index (κ3) is 4.41. The van der Waals surface area contributed by atoms with Gasteiger partial charge in [0.15, 0.2) is 0 Å². The second-order valence-corrected chi connectivity index (χ2v) is 4.42. The van der Waals surface area contributed by atoms with E-state index in [4.69, 9.17) is 10.8 Å². The van der Waals surface area contributed by atoms with E-state index in [2.05, 4.69) is 11.9 Å². The quantitative estimate of drug-likeness (QED) is 0.616. The summed E-state index contributed by atoms with van der Waals surface area (Å²) < 4.78 is 0. The van der Waals surface area contributed by atoms with Crippen molar-refractivity contribution in [2.24, 2.45) is 0 Å². The van der Waals surface area contributed by atoms with Gasteiger partial charge in [0.25, 0.3) is 5.91 Å². The van der Waals surface area contributed by atoms with Crippen LogP contribution in [0.15, 0.2) is 12.3 Å². The number of aromatic amines is 1. The van der Waals surface area contributed by atoms with Crippen molar-refractivity contribution in [2.45, 2.75) is 32.6 Å². The molecule has 18 heavy (non-hydrogen) atoms. The van der Waals surface area contributed by atoms with Crippen LogP contribution < -0.4 is 5.73 Å². The normalized spacial score (nSPS) is 10.6. The standard InChI is InChI=1S/C13H23N3O2/c1-2-3-4-5-6-16(7-8-17)13(18)12-9-11(14)10-15-12/h9-10,15,17H,2-8,14H2,1H3. The van der Waals surface area contributed by atoms with Crippen molar-refractivity contribution in [1.29, 1.82) is 0 Å². The van der Waals surface area contributed by atoms with E-state index in [-0.39, 0.29) is 12.5 Å². The summed E-state index contributed by atoms with van der Waals surface area (Å²) in [4.78, 5) is 16.7. The third-order valence-corrected chi connectivity index (χ3v) is 2.87. The van der Waals surface area contributed by atoms with E-state index in [1.807, 2.05) is 0 Å². The molecule has 0 atom stereocenters. The minimum absolute atomic E-state index is 0.0181. The predicted octanol–water partition coefficient (Wildman–Crippen LogP) is 1.61. The highest BCUT2D eigenvalue weighted by molar-refractivity contribution is 5.93. The Balaban J connectivity index is 2.52. The first-order valence-electron chi connectivity index (χ1n) is 6.53. The van der Waals surface area contributed by atoms with Crippen molar-refractivity contribution in [3.63, 3.8) is 0 Å². The largest absolute Gasteiger partial charge is 0.397 e. The summed E-state index contributed by atoms with van der Waals surface area (Å²) in [5.41, 5.74) is 6.61. The van der Waals surface area contributed by atoms with E-state index >= 15 is 0 Å². The molecular weight excluding hydrogens is 230 g/mol. The van der Waals surface area contributed by atoms with Crippen LogP contribution in [0.25, 0.3) is 0 Å². The van der Waals surface area contributed by atoms with Crippen LogP contribution in [0.5, 0.6) is 0 Å². The van der Waals surface area contributed by atoms with Gasteiger partial charge in [-0.1, -0.05) is 26.2 Å². The number of nitrogen functional groups attached to an aromatic ring is 1. The molecule has 0 unspecified atom stereocenters. The van der Waals surface area contributed by atoms with Crippen LogP contribution in [0.2, 0.25) is 0 Å². The van der Waals surface area contributed by atoms with Crippen molar-refractivity contribution in [3.05, 3.63) is 18.0 Å². The number of nitrogens with two attached hydrogens (primary N) is 1. The Labute approximate surface area is 108 Å². The Kier molecular flexibility index (Phi) is 6.28. The van der Waals surface area contributed by atoms with E-state index in [9.17, 15) is 4.79 Å². The lowest BCUT2D eigenvalue weighted by atomic mass is 10.2. The second-order valence-electron chi connectivity index (χ2n) is 4.42. The highest BCUT2D eigenvalue weighted by atomic mass is 16.3. The van der Waals surface area contributed by atoms with Crippen LogP contribution in [-0.2, 0) is 0 Å². The summed E-state index contributed by atoms with van der Waals surface area (Å²) in [5.74, 6) is -0.0998. The first kappa shape index (κ1) is 14.6. The number of hydrogen-bond acceptors (Lipinski definition) is 3. The molecule has 1 aromatic heterocycles. The number of amides is 1. The summed E-state index contributed by atoms with van der Waals surface area (Å²) in [6.07, 6.45) is 6.02. The number of aliphatic hydroxyl groups excluding tert-OH is 1. The maximum Gasteiger partial charge on any atom is 0.270 e. The molecule has 0 saturated heterocycles. The Morgan fingerprint density at radius 1 is 1.39 bits per heavy atom. The fourth-order valence-corrected chi connectivity index (χ4v) is 1.87. The van der Waals surface area contributed by atoms with E-state index in [0.717, 1.165) is 12.8 Å². The Hall–Kier alpha value is -1.49. The molecule has 0 aliphatic carbocycles. The smallest absolute Gasteiger partial charge is 0.270 e. The van der Waals surface area contributed by atoms with Crippen LogP contribution in [-0.4, -0.2) is 40.6 Å². The van der Waals surface area contributed by atoms with Gasteiger partial charge in [0.2, 0.25) is 0 Å². The second kappa shape index (κ2) is 7.76. The van der Waals surface area contributed by atoms with E-state index in [0.29, 0.717) is 24.5 Å². The number of nitrogens with zero attached hydrogens (tertiary/aromatic N) is 1. The van der Waals surface area contributed by atoms with Gasteiger partial charge in [-0.15, -0.1) is 0 Å². The zero-order valence-electron chi connectivity index (χ0n) is 11.0. The molecular formula is C13H23N3O2. The maximum absolute atomic E-state index is 12.1. The first-order valence-corrected chi connectivity index (χ1v) is 6.53. The average molecular weight is 253 g/mol. The zero-order chi connectivity index (χ0) is 13.4. The summed E-state index contributed by atoms with van der Waals surface area (Å²) in [5, 5.41) is 9.01. The molecule has 1 rings (SSSR count). The van der Waals surface area contributed by atoms with Gasteiger partial charge in [0.05, 0.1) is 6.61 Å². The monoisotopic (exact) mass is 253 g/mol. The van der Waals surface area contributed by atoms with Gasteiger partial charge < -0.3 is 20.7 Å². The maximum atomic E-state index is 12.1. The third-order valence-electron chi connectivity index (χ3n) is 2.87. The molecule has 0 aromatic carbocycles. The van der Waals surface area contributed by atoms with E-state index in [1.165, 1.54) is 12.8 Å². The van der Waals surface area contributed by atoms with E-state index < -0.39 is 0 Å². The number of aliphatic hydroxyl groups is 1. The van der Waals surface area contributed by atoms with Crippen molar-refractivity contribution in [2.75, 3.05) is 25.4 Å². The number of hydrogen-bond donors (Lipinski definition) is 3. The lowest BCUT2D eigenvalue weighted by molar-refractivity contribution is 0.0713. The lowest BCUT2D eigenvalue weighted by Crippen LogP contribution is -2.34. The molecule has 0 radical (unpaired) electrons. The molecule has 0 aliphatic rings. The number of carbonyl (C=O) groups is 1. The number of aromatic nitrogens is 1. The molecule has 1 amide bonds. The van der Waals surface area contributed by atoms with Crippen molar-refractivity contribution in [3.8, 4) is 0 Å². The SMILES string of the molecule is CCCCCCN(CCO)C(=O)c1cc(N)c[nH]1. The lowest BCUT2D eigenvalue weighted by Gasteiger charge is -2.21. The molecule has 0 fully saturated rings. The van der Waals surface area contributed by atoms with Crippen LogP contribution in [0.3, 0.4) is 0 Å². The van der Waals surface area contributed by atoms with Crippen LogP contribution in [0, 0.1) is 0 Å². The van der Waals surface area contributed by atoms with Crippen LogP contribution in [0.4, 0.5) is 5.69 Å². The van der Waals surface area contributed by atoms with E-state index in [1.54, 1.807) is 17.2 Å². The minimum Gasteiger partial charge on any atom is -0.397 e. The number of nitrogens with one attached hydrogen (secondary N) is 1. The Bertz CT molecular complexity index is 363. The molecule has 5 nitrogen and oxygen atoms in total. The molecule has 0 saturated carbocycles. The van der Waals surface area contributed by atoms with Gasteiger partial charge in [-0.3, -0.25) is 4.79 Å². The highest BCUT2D eigenvalue weighted by Gasteiger charge is 2.16. The Morgan fingerprint density at radius 3 is 2.72 bits per heavy atom. The van der Waals surface area contributed by atoms with Crippen molar-refractivity contribution < 1.29 is 9.90 Å². The first-order chi connectivity index (χ1) is 8.69. The summed E-state index contributed by atoms with van der Waals surface area (Å²) >= 11 is 0. The molecule has 4 N–H and O–H groups in total. The molecule has 0 aliphatic heterocycles. The number of unbranched alkanes of at least 4 members (excludes halogenated alkanes) is 3. The fraction of sp³-hybridized carbons (Fsp3) is 0.615. The van der Waals surface area contributed by atoms with Crippen LogP contribution >= 0.6 is 0 Å². The molecule has 1 heterocycles. The number of anilines is 1. The highest BCUT2D eigenvalue weighted by Crippen LogP contribution is 2.09. The van der Waals surface area contributed by atoms with Crippen molar-refractivity contribution >= 4 is 11.6 Å². The molecule has 102 valence electrons. The number of H-pyrrole nitrogens is 1. The predicted molar refractivity (Wildman–Crippen MR) is 72.3 cm³/mol. The molecule has 0 spiro atoms. The minimum atomic E-state index is -0.0998. The summed E-state index contributed by atoms with van der Waals surface area (Å²) in [7, 11) is 0. The van der Waals surface area contributed by atoms with Gasteiger partial charge in [-0.05, 0) is 12.5 Å². The van der Waals surface area contributed by atoms with Gasteiger partial charge >= 0.3 is 0 Å². The summed E-state index contributed by atoms with van der Waals surface area (Å²) in [6.45, 7) is 3.18. The number of carbonyl (C=O) groups excluding carboxylic acids is 1. The van der Waals surface area contributed by atoms with Gasteiger partial charge in [-0.2, -0.15) is 0 Å². The Morgan fingerprint density at radius 2 is 2.17 bits per heavy atom.